The summed E-state index contributed by atoms with van der Waals surface area (Å²) in [5.74, 6) is 0.470. The van der Waals surface area contributed by atoms with E-state index in [-0.39, 0.29) is 21.5 Å². The van der Waals surface area contributed by atoms with Crippen LogP contribution in [0.15, 0.2) is 67.0 Å². The van der Waals surface area contributed by atoms with E-state index < -0.39 is 5.97 Å². The standard InChI is InChI=1S/C28H30Cl2N2O4/c1-32-18-9-10-21(20-32)27(33)31-17-6-4-2-3-5-7-19-35-22-13-15-23(16-14-22)36-28(34)26-24(29)11-8-12-25(26)30/h8-16,18,20H,2-7,17,19H2,1H3/p+1. The molecule has 0 atom stereocenters. The topological polar surface area (TPSA) is 68.5 Å². The highest BCUT2D eigenvalue weighted by Gasteiger charge is 2.16. The number of hydrogen-bond donors (Lipinski definition) is 1. The minimum absolute atomic E-state index is 0.0282. The van der Waals surface area contributed by atoms with Gasteiger partial charge < -0.3 is 14.8 Å². The van der Waals surface area contributed by atoms with Gasteiger partial charge in [-0.05, 0) is 55.3 Å². The Hall–Kier alpha value is -3.09. The molecule has 3 rings (SSSR count). The van der Waals surface area contributed by atoms with Gasteiger partial charge in [-0.25, -0.2) is 9.36 Å². The minimum Gasteiger partial charge on any atom is -0.494 e. The molecule has 0 radical (unpaired) electrons. The smallest absolute Gasteiger partial charge is 0.346 e. The number of amides is 1. The lowest BCUT2D eigenvalue weighted by Crippen LogP contribution is -2.31. The number of aryl methyl sites for hydroxylation is 1. The molecule has 3 aromatic rings. The molecule has 1 heterocycles. The molecule has 8 heteroatoms. The van der Waals surface area contributed by atoms with Crippen molar-refractivity contribution in [2.45, 2.75) is 38.5 Å². The third-order valence-corrected chi connectivity index (χ3v) is 6.16. The van der Waals surface area contributed by atoms with E-state index in [9.17, 15) is 9.59 Å². The van der Waals surface area contributed by atoms with E-state index in [1.165, 1.54) is 0 Å². The number of esters is 1. The first-order valence-corrected chi connectivity index (χ1v) is 12.8. The summed E-state index contributed by atoms with van der Waals surface area (Å²) >= 11 is 12.1. The van der Waals surface area contributed by atoms with Crippen LogP contribution in [0, 0.1) is 0 Å². The second kappa shape index (κ2) is 14.5. The number of ether oxygens (including phenoxy) is 2. The maximum absolute atomic E-state index is 12.4. The second-order valence-corrected chi connectivity index (χ2v) is 9.26. The lowest BCUT2D eigenvalue weighted by atomic mass is 10.1. The molecule has 1 amide bonds. The van der Waals surface area contributed by atoms with Crippen LogP contribution < -0.4 is 19.4 Å². The van der Waals surface area contributed by atoms with Gasteiger partial charge >= 0.3 is 5.97 Å². The SMILES string of the molecule is C[n+]1cccc(C(=O)NCCCCCCCCOc2ccc(OC(=O)c3c(Cl)cccc3Cl)cc2)c1. The van der Waals surface area contributed by atoms with E-state index in [0.717, 1.165) is 38.5 Å². The highest BCUT2D eigenvalue weighted by Crippen LogP contribution is 2.26. The molecule has 1 N–H and O–H groups in total. The largest absolute Gasteiger partial charge is 0.494 e. The molecule has 0 aliphatic heterocycles. The number of pyridine rings is 1. The van der Waals surface area contributed by atoms with E-state index >= 15 is 0 Å². The number of benzene rings is 2. The van der Waals surface area contributed by atoms with Crippen LogP contribution in [0.4, 0.5) is 0 Å². The molecule has 6 nitrogen and oxygen atoms in total. The van der Waals surface area contributed by atoms with Crippen molar-refractivity contribution in [3.63, 3.8) is 0 Å². The predicted octanol–water partition coefficient (Wildman–Crippen LogP) is 6.19. The van der Waals surface area contributed by atoms with Crippen molar-refractivity contribution in [3.8, 4) is 11.5 Å². The lowest BCUT2D eigenvalue weighted by Gasteiger charge is -2.09. The van der Waals surface area contributed by atoms with Crippen molar-refractivity contribution >= 4 is 35.1 Å². The Morgan fingerprint density at radius 1 is 0.833 bits per heavy atom. The maximum Gasteiger partial charge on any atom is 0.346 e. The summed E-state index contributed by atoms with van der Waals surface area (Å²) in [6.45, 7) is 1.32. The fourth-order valence-electron chi connectivity index (χ4n) is 3.61. The van der Waals surface area contributed by atoms with Gasteiger partial charge in [0.05, 0.1) is 22.2 Å². The van der Waals surface area contributed by atoms with Crippen molar-refractivity contribution < 1.29 is 23.6 Å². The fourth-order valence-corrected chi connectivity index (χ4v) is 4.16. The normalized spacial score (nSPS) is 10.6. The zero-order valence-electron chi connectivity index (χ0n) is 20.3. The first-order chi connectivity index (χ1) is 17.4. The van der Waals surface area contributed by atoms with Gasteiger partial charge in [-0.2, -0.15) is 0 Å². The van der Waals surface area contributed by atoms with Crippen LogP contribution in [0.5, 0.6) is 11.5 Å². The lowest BCUT2D eigenvalue weighted by molar-refractivity contribution is -0.671. The van der Waals surface area contributed by atoms with Gasteiger partial charge in [-0.3, -0.25) is 4.79 Å². The first-order valence-electron chi connectivity index (χ1n) is 12.1. The summed E-state index contributed by atoms with van der Waals surface area (Å²) in [6, 6.07) is 15.4. The van der Waals surface area contributed by atoms with Crippen molar-refractivity contribution in [2.24, 2.45) is 7.05 Å². The van der Waals surface area contributed by atoms with E-state index in [2.05, 4.69) is 5.32 Å². The molecule has 0 aliphatic rings. The van der Waals surface area contributed by atoms with Crippen molar-refractivity contribution in [1.29, 1.82) is 0 Å². The van der Waals surface area contributed by atoms with Gasteiger partial charge in [0.1, 0.15) is 24.1 Å². The van der Waals surface area contributed by atoms with Crippen molar-refractivity contribution in [3.05, 3.63) is 88.2 Å². The van der Waals surface area contributed by atoms with Crippen LogP contribution in [-0.4, -0.2) is 25.0 Å². The molecular weight excluding hydrogens is 499 g/mol. The van der Waals surface area contributed by atoms with Crippen LogP contribution in [0.2, 0.25) is 10.0 Å². The van der Waals surface area contributed by atoms with Crippen LogP contribution >= 0.6 is 23.2 Å². The van der Waals surface area contributed by atoms with Crippen LogP contribution in [0.3, 0.4) is 0 Å². The molecule has 0 bridgehead atoms. The molecule has 190 valence electrons. The third kappa shape index (κ3) is 8.85. The predicted molar refractivity (Wildman–Crippen MR) is 141 cm³/mol. The average molecular weight is 530 g/mol. The number of unbranched alkanes of at least 4 members (excludes halogenated alkanes) is 5. The van der Waals surface area contributed by atoms with Gasteiger partial charge in [0.15, 0.2) is 12.4 Å². The number of rotatable bonds is 13. The monoisotopic (exact) mass is 529 g/mol. The minimum atomic E-state index is -0.605. The summed E-state index contributed by atoms with van der Waals surface area (Å²) in [4.78, 5) is 24.5. The number of aromatic nitrogens is 1. The maximum atomic E-state index is 12.4. The third-order valence-electron chi connectivity index (χ3n) is 5.53. The number of hydrogen-bond acceptors (Lipinski definition) is 4. The van der Waals surface area contributed by atoms with Gasteiger partial charge in [0.2, 0.25) is 0 Å². The molecular formula is C28H31Cl2N2O4+. The molecule has 0 saturated heterocycles. The van der Waals surface area contributed by atoms with E-state index in [1.54, 1.807) is 42.5 Å². The van der Waals surface area contributed by atoms with Gasteiger partial charge in [0, 0.05) is 12.6 Å². The molecule has 2 aromatic carbocycles. The fraction of sp³-hybridized carbons (Fsp3) is 0.321. The number of carbonyl (C=O) groups excluding carboxylic acids is 2. The summed E-state index contributed by atoms with van der Waals surface area (Å²) in [5.41, 5.74) is 0.824. The summed E-state index contributed by atoms with van der Waals surface area (Å²) in [6.07, 6.45) is 10.1. The van der Waals surface area contributed by atoms with Crippen LogP contribution in [0.1, 0.15) is 59.2 Å². The molecule has 0 saturated carbocycles. The molecule has 0 unspecified atom stereocenters. The van der Waals surface area contributed by atoms with Crippen LogP contribution in [0.25, 0.3) is 0 Å². The molecule has 36 heavy (non-hydrogen) atoms. The number of nitrogens with zero attached hydrogens (tertiary/aromatic N) is 1. The Morgan fingerprint density at radius 2 is 1.47 bits per heavy atom. The zero-order chi connectivity index (χ0) is 25.8. The number of carbonyl (C=O) groups is 2. The molecule has 0 spiro atoms. The number of halogens is 2. The molecule has 0 fully saturated rings. The Labute approximate surface area is 222 Å². The van der Waals surface area contributed by atoms with Gasteiger partial charge in [0.25, 0.3) is 5.91 Å². The Balaban J connectivity index is 1.24. The Bertz CT molecular complexity index is 1130. The summed E-state index contributed by atoms with van der Waals surface area (Å²) in [7, 11) is 1.90. The Morgan fingerprint density at radius 3 is 2.17 bits per heavy atom. The highest BCUT2D eigenvalue weighted by atomic mass is 35.5. The summed E-state index contributed by atoms with van der Waals surface area (Å²) in [5, 5.41) is 3.47. The Kier molecular flexibility index (Phi) is 11.0. The molecule has 1 aromatic heterocycles. The van der Waals surface area contributed by atoms with Crippen molar-refractivity contribution in [2.75, 3.05) is 13.2 Å². The van der Waals surface area contributed by atoms with E-state index in [0.29, 0.717) is 30.2 Å². The van der Waals surface area contributed by atoms with Crippen molar-refractivity contribution in [1.82, 2.24) is 5.32 Å². The molecule has 0 aliphatic carbocycles. The highest BCUT2D eigenvalue weighted by molar-refractivity contribution is 6.39. The quantitative estimate of drug-likeness (QED) is 0.124. The average Bonchev–Trinajstić information content (AvgIpc) is 2.86. The zero-order valence-corrected chi connectivity index (χ0v) is 21.9. The number of nitrogens with one attached hydrogen (secondary N) is 1. The first kappa shape index (κ1) is 27.5. The second-order valence-electron chi connectivity index (χ2n) is 8.44. The van der Waals surface area contributed by atoms with Crippen LogP contribution in [-0.2, 0) is 7.05 Å². The van der Waals surface area contributed by atoms with E-state index in [4.69, 9.17) is 32.7 Å². The summed E-state index contributed by atoms with van der Waals surface area (Å²) < 4.78 is 13.0. The van der Waals surface area contributed by atoms with Gasteiger partial charge in [-0.15, -0.1) is 0 Å². The van der Waals surface area contributed by atoms with Gasteiger partial charge in [-0.1, -0.05) is 55.0 Å². The van der Waals surface area contributed by atoms with E-state index in [1.807, 2.05) is 36.1 Å².